The predicted molar refractivity (Wildman–Crippen MR) is 77.2 cm³/mol. The van der Waals surface area contributed by atoms with Crippen LogP contribution >= 0.6 is 0 Å². The van der Waals surface area contributed by atoms with Crippen molar-refractivity contribution in [2.24, 2.45) is 0 Å². The van der Waals surface area contributed by atoms with Crippen LogP contribution in [0.1, 0.15) is 18.9 Å². The smallest absolute Gasteiger partial charge is 0.322 e. The molecule has 1 aliphatic heterocycles. The maximum absolute atomic E-state index is 5.74. The summed E-state index contributed by atoms with van der Waals surface area (Å²) >= 11 is 0. The number of rotatable bonds is 2. The van der Waals surface area contributed by atoms with Crippen molar-refractivity contribution < 1.29 is 4.74 Å². The molecule has 1 atom stereocenters. The lowest BCUT2D eigenvalue weighted by atomic mass is 9.97. The van der Waals surface area contributed by atoms with Crippen LogP contribution < -0.4 is 15.4 Å². The molecule has 0 amide bonds. The van der Waals surface area contributed by atoms with Crippen molar-refractivity contribution >= 4 is 17.6 Å². The molecule has 6 heteroatoms. The van der Waals surface area contributed by atoms with E-state index < -0.39 is 0 Å². The molecule has 0 aliphatic carbocycles. The normalized spacial score (nSPS) is 17.7. The minimum absolute atomic E-state index is 0.169. The number of hydrogen-bond donors (Lipinski definition) is 1. The summed E-state index contributed by atoms with van der Waals surface area (Å²) < 4.78 is 5.08. The highest BCUT2D eigenvalue weighted by atomic mass is 16.5. The quantitative estimate of drug-likeness (QED) is 0.899. The van der Waals surface area contributed by atoms with E-state index in [0.29, 0.717) is 12.0 Å². The predicted octanol–water partition coefficient (Wildman–Crippen LogP) is 1.94. The van der Waals surface area contributed by atoms with Gasteiger partial charge in [-0.2, -0.15) is 15.0 Å². The van der Waals surface area contributed by atoms with Crippen LogP contribution in [0.5, 0.6) is 6.01 Å². The van der Waals surface area contributed by atoms with Crippen molar-refractivity contribution in [1.29, 1.82) is 0 Å². The lowest BCUT2D eigenvalue weighted by Gasteiger charge is -2.35. The zero-order chi connectivity index (χ0) is 14.1. The first kappa shape index (κ1) is 12.7. The van der Waals surface area contributed by atoms with Gasteiger partial charge in [-0.15, -0.1) is 0 Å². The van der Waals surface area contributed by atoms with Gasteiger partial charge in [-0.3, -0.25) is 0 Å². The molecule has 6 nitrogen and oxygen atoms in total. The lowest BCUT2D eigenvalue weighted by Crippen LogP contribution is -2.34. The average molecular weight is 271 g/mol. The number of hydrogen-bond acceptors (Lipinski definition) is 6. The maximum Gasteiger partial charge on any atom is 0.322 e. The third-order valence-electron chi connectivity index (χ3n) is 3.54. The summed E-state index contributed by atoms with van der Waals surface area (Å²) in [6, 6.07) is 8.83. The molecule has 0 spiro atoms. The zero-order valence-electron chi connectivity index (χ0n) is 11.6. The number of methoxy groups -OCH3 is 1. The fourth-order valence-corrected chi connectivity index (χ4v) is 2.55. The molecule has 20 heavy (non-hydrogen) atoms. The van der Waals surface area contributed by atoms with Crippen molar-refractivity contribution in [1.82, 2.24) is 15.0 Å². The van der Waals surface area contributed by atoms with Gasteiger partial charge in [0.2, 0.25) is 11.9 Å². The minimum Gasteiger partial charge on any atom is -0.467 e. The van der Waals surface area contributed by atoms with E-state index in [9.17, 15) is 0 Å². The summed E-state index contributed by atoms with van der Waals surface area (Å²) in [4.78, 5) is 14.6. The van der Waals surface area contributed by atoms with Crippen LogP contribution in [-0.2, 0) is 6.42 Å². The molecule has 3 rings (SSSR count). The number of ether oxygens (including phenoxy) is 1. The van der Waals surface area contributed by atoms with Crippen molar-refractivity contribution in [3.8, 4) is 6.01 Å². The zero-order valence-corrected chi connectivity index (χ0v) is 11.6. The van der Waals surface area contributed by atoms with E-state index in [-0.39, 0.29) is 12.0 Å². The summed E-state index contributed by atoms with van der Waals surface area (Å²) in [5, 5.41) is 0. The number of benzene rings is 1. The van der Waals surface area contributed by atoms with E-state index in [0.717, 1.165) is 18.5 Å². The Morgan fingerprint density at radius 1 is 1.25 bits per heavy atom. The third kappa shape index (κ3) is 2.13. The molecule has 1 aromatic heterocycles. The Hall–Kier alpha value is -2.37. The highest BCUT2D eigenvalue weighted by Crippen LogP contribution is 2.35. The first-order chi connectivity index (χ1) is 9.69. The number of para-hydroxylation sites is 1. The Bertz CT molecular complexity index is 631. The molecule has 2 N–H and O–H groups in total. The van der Waals surface area contributed by atoms with Gasteiger partial charge in [0.25, 0.3) is 0 Å². The van der Waals surface area contributed by atoms with Gasteiger partial charge in [0.1, 0.15) is 0 Å². The van der Waals surface area contributed by atoms with Gasteiger partial charge < -0.3 is 15.4 Å². The molecule has 1 aromatic carbocycles. The van der Waals surface area contributed by atoms with E-state index >= 15 is 0 Å². The van der Waals surface area contributed by atoms with Crippen molar-refractivity contribution in [3.63, 3.8) is 0 Å². The molecule has 1 unspecified atom stereocenters. The molecule has 0 saturated carbocycles. The molecule has 0 saturated heterocycles. The van der Waals surface area contributed by atoms with E-state index in [4.69, 9.17) is 10.5 Å². The van der Waals surface area contributed by atoms with E-state index in [1.165, 1.54) is 12.7 Å². The molecule has 104 valence electrons. The van der Waals surface area contributed by atoms with Crippen LogP contribution in [0.25, 0.3) is 0 Å². The van der Waals surface area contributed by atoms with Crippen LogP contribution in [-0.4, -0.2) is 28.1 Å². The first-order valence-corrected chi connectivity index (χ1v) is 6.61. The van der Waals surface area contributed by atoms with Gasteiger partial charge in [-0.1, -0.05) is 18.2 Å². The molecule has 2 aromatic rings. The topological polar surface area (TPSA) is 77.2 Å². The second kappa shape index (κ2) is 4.96. The van der Waals surface area contributed by atoms with Crippen LogP contribution in [0, 0.1) is 0 Å². The second-order valence-electron chi connectivity index (χ2n) is 4.87. The van der Waals surface area contributed by atoms with Crippen LogP contribution in [0.3, 0.4) is 0 Å². The monoisotopic (exact) mass is 271 g/mol. The average Bonchev–Trinajstić information content (AvgIpc) is 2.46. The van der Waals surface area contributed by atoms with Crippen molar-refractivity contribution in [2.45, 2.75) is 25.8 Å². The van der Waals surface area contributed by atoms with Crippen LogP contribution in [0.2, 0.25) is 0 Å². The van der Waals surface area contributed by atoms with Gasteiger partial charge in [0.05, 0.1) is 7.11 Å². The molecule has 1 aliphatic rings. The summed E-state index contributed by atoms with van der Waals surface area (Å²) in [6.45, 7) is 2.16. The van der Waals surface area contributed by atoms with Crippen molar-refractivity contribution in [2.75, 3.05) is 17.7 Å². The highest BCUT2D eigenvalue weighted by molar-refractivity contribution is 5.64. The largest absolute Gasteiger partial charge is 0.467 e. The minimum atomic E-state index is 0.169. The molecule has 0 radical (unpaired) electrons. The van der Waals surface area contributed by atoms with Gasteiger partial charge in [0.15, 0.2) is 0 Å². The standard InChI is InChI=1S/C14H17N5O/c1-9-7-8-10-5-3-4-6-11(10)19(9)13-16-12(15)17-14(18-13)20-2/h3-6,9H,7-8H2,1-2H3,(H2,15,16,17,18). The SMILES string of the molecule is COc1nc(N)nc(N2c3ccccc3CCC2C)n1. The second-order valence-corrected chi connectivity index (χ2v) is 4.87. The molecule has 0 fully saturated rings. The Balaban J connectivity index is 2.11. The molecule has 0 bridgehead atoms. The van der Waals surface area contributed by atoms with Crippen molar-refractivity contribution in [3.05, 3.63) is 29.8 Å². The molecular formula is C14H17N5O. The summed E-state index contributed by atoms with van der Waals surface area (Å²) in [5.74, 6) is 0.705. The fraction of sp³-hybridized carbons (Fsp3) is 0.357. The van der Waals surface area contributed by atoms with E-state index in [1.807, 2.05) is 6.07 Å². The van der Waals surface area contributed by atoms with Gasteiger partial charge in [0, 0.05) is 11.7 Å². The molecule has 2 heterocycles. The fourth-order valence-electron chi connectivity index (χ4n) is 2.55. The summed E-state index contributed by atoms with van der Waals surface area (Å²) in [5.41, 5.74) is 8.16. The van der Waals surface area contributed by atoms with Gasteiger partial charge in [-0.05, 0) is 31.4 Å². The maximum atomic E-state index is 5.74. The Morgan fingerprint density at radius 2 is 2.05 bits per heavy atom. The van der Waals surface area contributed by atoms with Gasteiger partial charge in [-0.25, -0.2) is 0 Å². The first-order valence-electron chi connectivity index (χ1n) is 6.61. The summed E-state index contributed by atoms with van der Waals surface area (Å²) in [6.07, 6.45) is 2.11. The number of nitrogen functional groups attached to an aromatic ring is 1. The third-order valence-corrected chi connectivity index (χ3v) is 3.54. The van der Waals surface area contributed by atoms with Crippen LogP contribution in [0.4, 0.5) is 17.6 Å². The van der Waals surface area contributed by atoms with Crippen LogP contribution in [0.15, 0.2) is 24.3 Å². The number of aryl methyl sites for hydroxylation is 1. The van der Waals surface area contributed by atoms with Gasteiger partial charge >= 0.3 is 6.01 Å². The number of aromatic nitrogens is 3. The van der Waals surface area contributed by atoms with E-state index in [2.05, 4.69) is 45.0 Å². The Morgan fingerprint density at radius 3 is 2.85 bits per heavy atom. The van der Waals surface area contributed by atoms with E-state index in [1.54, 1.807) is 0 Å². The number of fused-ring (bicyclic) bond motifs is 1. The summed E-state index contributed by atoms with van der Waals surface area (Å²) in [7, 11) is 1.52. The lowest BCUT2D eigenvalue weighted by molar-refractivity contribution is 0.378. The highest BCUT2D eigenvalue weighted by Gasteiger charge is 2.26. The Labute approximate surface area is 117 Å². The number of nitrogens with zero attached hydrogens (tertiary/aromatic N) is 4. The number of anilines is 3. The Kier molecular flexibility index (Phi) is 3.14. The number of nitrogens with two attached hydrogens (primary N) is 1. The molecular weight excluding hydrogens is 254 g/mol.